The van der Waals surface area contributed by atoms with Crippen LogP contribution in [0.2, 0.25) is 0 Å². The van der Waals surface area contributed by atoms with Gasteiger partial charge in [-0.3, -0.25) is 9.89 Å². The minimum Gasteiger partial charge on any atom is -0.339 e. The number of hydrogen-bond acceptors (Lipinski definition) is 3. The zero-order valence-corrected chi connectivity index (χ0v) is 12.9. The predicted molar refractivity (Wildman–Crippen MR) is 86.6 cm³/mol. The Labute approximate surface area is 130 Å². The topological polar surface area (TPSA) is 61.0 Å². The van der Waals surface area contributed by atoms with Crippen LogP contribution in [0, 0.1) is 5.92 Å². The number of piperidine rings is 1. The molecule has 5 nitrogen and oxygen atoms in total. The Morgan fingerprint density at radius 2 is 2.05 bits per heavy atom. The number of aromatic amines is 1. The van der Waals surface area contributed by atoms with Crippen molar-refractivity contribution >= 4 is 5.91 Å². The van der Waals surface area contributed by atoms with Crippen LogP contribution in [0.25, 0.3) is 11.3 Å². The average Bonchev–Trinajstić information content (AvgIpc) is 3.06. The van der Waals surface area contributed by atoms with Gasteiger partial charge in [-0.15, -0.1) is 0 Å². The Kier molecular flexibility index (Phi) is 4.53. The molecule has 1 aromatic heterocycles. The summed E-state index contributed by atoms with van der Waals surface area (Å²) in [6.07, 6.45) is 3.76. The molecule has 3 rings (SSSR count). The van der Waals surface area contributed by atoms with Crippen LogP contribution in [0.15, 0.2) is 36.5 Å². The molecule has 1 saturated heterocycles. The quantitative estimate of drug-likeness (QED) is 0.909. The highest BCUT2D eigenvalue weighted by molar-refractivity contribution is 5.99. The molecular weight excluding hydrogens is 276 g/mol. The number of rotatable bonds is 4. The molecule has 22 heavy (non-hydrogen) atoms. The van der Waals surface area contributed by atoms with Crippen LogP contribution in [0.1, 0.15) is 23.2 Å². The van der Waals surface area contributed by atoms with Gasteiger partial charge < -0.3 is 10.2 Å². The zero-order chi connectivity index (χ0) is 15.4. The van der Waals surface area contributed by atoms with Crippen LogP contribution in [-0.2, 0) is 0 Å². The van der Waals surface area contributed by atoms with Crippen molar-refractivity contribution in [3.05, 3.63) is 42.1 Å². The van der Waals surface area contributed by atoms with Crippen molar-refractivity contribution in [3.8, 4) is 11.3 Å². The molecule has 116 valence electrons. The van der Waals surface area contributed by atoms with Crippen LogP contribution in [0.4, 0.5) is 0 Å². The number of benzene rings is 1. The molecule has 1 aliphatic heterocycles. The first-order valence-corrected chi connectivity index (χ1v) is 7.82. The summed E-state index contributed by atoms with van der Waals surface area (Å²) in [7, 11) is 1.98. The summed E-state index contributed by atoms with van der Waals surface area (Å²) < 4.78 is 0. The highest BCUT2D eigenvalue weighted by Crippen LogP contribution is 2.24. The Hall–Kier alpha value is -2.14. The summed E-state index contributed by atoms with van der Waals surface area (Å²) in [5.74, 6) is 0.752. The van der Waals surface area contributed by atoms with E-state index >= 15 is 0 Å². The Balaban J connectivity index is 1.73. The van der Waals surface area contributed by atoms with E-state index in [1.165, 1.54) is 0 Å². The molecule has 5 heteroatoms. The standard InChI is InChI=1S/C17H22N4O/c1-18-11-13-7-9-21(10-8-13)17(22)15-12-19-20-16(15)14-5-3-2-4-6-14/h2-6,12-13,18H,7-11H2,1H3,(H,19,20). The number of likely N-dealkylation sites (tertiary alicyclic amines) is 1. The summed E-state index contributed by atoms with van der Waals surface area (Å²) in [6, 6.07) is 9.88. The third-order valence-corrected chi connectivity index (χ3v) is 4.33. The third kappa shape index (κ3) is 3.04. The molecule has 2 aromatic rings. The average molecular weight is 298 g/mol. The number of nitrogens with one attached hydrogen (secondary N) is 2. The largest absolute Gasteiger partial charge is 0.339 e. The Morgan fingerprint density at radius 3 is 2.73 bits per heavy atom. The molecule has 0 unspecified atom stereocenters. The highest BCUT2D eigenvalue weighted by Gasteiger charge is 2.25. The van der Waals surface area contributed by atoms with Gasteiger partial charge in [0.05, 0.1) is 17.5 Å². The third-order valence-electron chi connectivity index (χ3n) is 4.33. The van der Waals surface area contributed by atoms with E-state index in [1.807, 2.05) is 42.3 Å². The monoisotopic (exact) mass is 298 g/mol. The van der Waals surface area contributed by atoms with E-state index in [4.69, 9.17) is 0 Å². The SMILES string of the molecule is CNCC1CCN(C(=O)c2cn[nH]c2-c2ccccc2)CC1. The van der Waals surface area contributed by atoms with Crippen LogP contribution < -0.4 is 5.32 Å². The number of aromatic nitrogens is 2. The molecule has 2 N–H and O–H groups in total. The molecule has 2 heterocycles. The van der Waals surface area contributed by atoms with Crippen LogP contribution in [0.3, 0.4) is 0 Å². The van der Waals surface area contributed by atoms with Crippen LogP contribution >= 0.6 is 0 Å². The number of amides is 1. The van der Waals surface area contributed by atoms with Gasteiger partial charge in [0, 0.05) is 18.7 Å². The fourth-order valence-corrected chi connectivity index (χ4v) is 3.07. The van der Waals surface area contributed by atoms with Crippen molar-refractivity contribution in [2.24, 2.45) is 5.92 Å². The van der Waals surface area contributed by atoms with E-state index in [9.17, 15) is 4.79 Å². The lowest BCUT2D eigenvalue weighted by Crippen LogP contribution is -2.40. The molecule has 0 atom stereocenters. The summed E-state index contributed by atoms with van der Waals surface area (Å²) in [5.41, 5.74) is 2.47. The highest BCUT2D eigenvalue weighted by atomic mass is 16.2. The second kappa shape index (κ2) is 6.75. The Morgan fingerprint density at radius 1 is 1.32 bits per heavy atom. The lowest BCUT2D eigenvalue weighted by atomic mass is 9.96. The fourth-order valence-electron chi connectivity index (χ4n) is 3.07. The minimum atomic E-state index is 0.0792. The van der Waals surface area contributed by atoms with Gasteiger partial charge in [0.15, 0.2) is 0 Å². The second-order valence-corrected chi connectivity index (χ2v) is 5.82. The molecule has 1 aliphatic rings. The summed E-state index contributed by atoms with van der Waals surface area (Å²) in [4.78, 5) is 14.7. The maximum Gasteiger partial charge on any atom is 0.257 e. The maximum absolute atomic E-state index is 12.8. The van der Waals surface area contributed by atoms with Crippen molar-refractivity contribution in [1.82, 2.24) is 20.4 Å². The minimum absolute atomic E-state index is 0.0792. The van der Waals surface area contributed by atoms with Crippen molar-refractivity contribution < 1.29 is 4.79 Å². The first kappa shape index (κ1) is 14.8. The fraction of sp³-hybridized carbons (Fsp3) is 0.412. The van der Waals surface area contributed by atoms with Gasteiger partial charge in [0.1, 0.15) is 0 Å². The van der Waals surface area contributed by atoms with E-state index in [1.54, 1.807) is 6.20 Å². The number of hydrogen-bond donors (Lipinski definition) is 2. The number of H-pyrrole nitrogens is 1. The first-order chi connectivity index (χ1) is 10.8. The molecule has 1 fully saturated rings. The van der Waals surface area contributed by atoms with Crippen molar-refractivity contribution in [3.63, 3.8) is 0 Å². The molecule has 0 bridgehead atoms. The normalized spacial score (nSPS) is 16.0. The van der Waals surface area contributed by atoms with Gasteiger partial charge in [0.25, 0.3) is 5.91 Å². The first-order valence-electron chi connectivity index (χ1n) is 7.82. The smallest absolute Gasteiger partial charge is 0.257 e. The summed E-state index contributed by atoms with van der Waals surface area (Å²) >= 11 is 0. The van der Waals surface area contributed by atoms with Crippen molar-refractivity contribution in [2.75, 3.05) is 26.7 Å². The number of carbonyl (C=O) groups is 1. The number of nitrogens with zero attached hydrogens (tertiary/aromatic N) is 2. The molecule has 0 radical (unpaired) electrons. The summed E-state index contributed by atoms with van der Waals surface area (Å²) in [5, 5.41) is 10.3. The van der Waals surface area contributed by atoms with E-state index in [0.29, 0.717) is 11.5 Å². The van der Waals surface area contributed by atoms with Crippen LogP contribution in [-0.4, -0.2) is 47.7 Å². The van der Waals surface area contributed by atoms with Crippen molar-refractivity contribution in [2.45, 2.75) is 12.8 Å². The van der Waals surface area contributed by atoms with Gasteiger partial charge in [-0.1, -0.05) is 30.3 Å². The number of carbonyl (C=O) groups excluding carboxylic acids is 1. The van der Waals surface area contributed by atoms with Crippen LogP contribution in [0.5, 0.6) is 0 Å². The predicted octanol–water partition coefficient (Wildman–Crippen LogP) is 2.15. The van der Waals surface area contributed by atoms with E-state index in [0.717, 1.165) is 43.7 Å². The van der Waals surface area contributed by atoms with Gasteiger partial charge in [0.2, 0.25) is 0 Å². The van der Waals surface area contributed by atoms with E-state index in [2.05, 4.69) is 15.5 Å². The molecule has 0 saturated carbocycles. The molecule has 1 amide bonds. The maximum atomic E-state index is 12.8. The van der Waals surface area contributed by atoms with E-state index < -0.39 is 0 Å². The van der Waals surface area contributed by atoms with Crippen molar-refractivity contribution in [1.29, 1.82) is 0 Å². The Bertz CT molecular complexity index is 615. The second-order valence-electron chi connectivity index (χ2n) is 5.82. The zero-order valence-electron chi connectivity index (χ0n) is 12.9. The van der Waals surface area contributed by atoms with Gasteiger partial charge in [-0.2, -0.15) is 5.10 Å². The molecule has 1 aromatic carbocycles. The molecular formula is C17H22N4O. The van der Waals surface area contributed by atoms with E-state index in [-0.39, 0.29) is 5.91 Å². The van der Waals surface area contributed by atoms with Gasteiger partial charge in [-0.25, -0.2) is 0 Å². The van der Waals surface area contributed by atoms with Gasteiger partial charge in [-0.05, 0) is 32.4 Å². The lowest BCUT2D eigenvalue weighted by Gasteiger charge is -2.31. The summed E-state index contributed by atoms with van der Waals surface area (Å²) in [6.45, 7) is 2.68. The van der Waals surface area contributed by atoms with Gasteiger partial charge >= 0.3 is 0 Å². The lowest BCUT2D eigenvalue weighted by molar-refractivity contribution is 0.0692. The molecule has 0 spiro atoms. The molecule has 0 aliphatic carbocycles.